The summed E-state index contributed by atoms with van der Waals surface area (Å²) in [7, 11) is 0. The molecule has 23 heavy (non-hydrogen) atoms. The summed E-state index contributed by atoms with van der Waals surface area (Å²) in [5.74, 6) is -2.57. The molecule has 9 nitrogen and oxygen atoms in total. The number of anilines is 1. The van der Waals surface area contributed by atoms with Crippen LogP contribution >= 0.6 is 12.2 Å². The first-order valence-corrected chi connectivity index (χ1v) is 6.82. The topological polar surface area (TPSA) is 137 Å². The molecule has 0 spiro atoms. The van der Waals surface area contributed by atoms with Crippen LogP contribution in [0.2, 0.25) is 0 Å². The van der Waals surface area contributed by atoms with Crippen LogP contribution in [0.1, 0.15) is 23.2 Å². The van der Waals surface area contributed by atoms with Gasteiger partial charge in [-0.25, -0.2) is 9.89 Å². The molecule has 4 N–H and O–H groups in total. The molecule has 0 unspecified atom stereocenters. The van der Waals surface area contributed by atoms with E-state index in [-0.39, 0.29) is 29.1 Å². The van der Waals surface area contributed by atoms with E-state index in [9.17, 15) is 14.4 Å². The Hall–Kier alpha value is -3.01. The van der Waals surface area contributed by atoms with Crippen molar-refractivity contribution in [2.45, 2.75) is 12.8 Å². The number of hydrogen-bond donors (Lipinski definition) is 4. The normalized spacial score (nSPS) is 10.3. The van der Waals surface area contributed by atoms with Crippen LogP contribution in [0, 0.1) is 4.77 Å². The number of nitrogens with zero attached hydrogens (tertiary/aromatic N) is 2. The van der Waals surface area contributed by atoms with Crippen molar-refractivity contribution in [1.29, 1.82) is 0 Å². The van der Waals surface area contributed by atoms with Gasteiger partial charge in [0.05, 0.1) is 17.7 Å². The number of carbonyl (C=O) groups excluding carboxylic acids is 1. The number of hydrogen-bond acceptors (Lipinski definition) is 5. The lowest BCUT2D eigenvalue weighted by atomic mass is 10.2. The minimum atomic E-state index is -1.08. The fraction of sp³-hybridized carbons (Fsp3) is 0.154. The molecule has 0 saturated carbocycles. The largest absolute Gasteiger partial charge is 0.481 e. The van der Waals surface area contributed by atoms with Crippen molar-refractivity contribution < 1.29 is 24.6 Å². The molecule has 1 amide bonds. The standard InChI is InChI=1S/C13H12N4O5S/c18-9(5-6-10(19)20)14-12-15-16-13(23)17(12)8-3-1-7(2-4-8)11(21)22/h1-4H,5-6H2,(H,16,23)(H,19,20)(H,21,22)(H,14,15,18). The van der Waals surface area contributed by atoms with Gasteiger partial charge in [0.25, 0.3) is 0 Å². The zero-order chi connectivity index (χ0) is 17.0. The summed E-state index contributed by atoms with van der Waals surface area (Å²) in [5.41, 5.74) is 0.609. The van der Waals surface area contributed by atoms with Gasteiger partial charge in [-0.3, -0.25) is 19.5 Å². The highest BCUT2D eigenvalue weighted by molar-refractivity contribution is 7.71. The van der Waals surface area contributed by atoms with Crippen molar-refractivity contribution in [3.8, 4) is 5.69 Å². The monoisotopic (exact) mass is 336 g/mol. The molecule has 0 aliphatic rings. The molecule has 1 aromatic carbocycles. The van der Waals surface area contributed by atoms with E-state index in [0.717, 1.165) is 0 Å². The maximum Gasteiger partial charge on any atom is 0.335 e. The number of aromatic carboxylic acids is 1. The average molecular weight is 336 g/mol. The number of aromatic amines is 1. The second-order valence-electron chi connectivity index (χ2n) is 4.48. The van der Waals surface area contributed by atoms with Gasteiger partial charge in [0, 0.05) is 6.42 Å². The van der Waals surface area contributed by atoms with Crippen LogP contribution in [0.5, 0.6) is 0 Å². The first kappa shape index (κ1) is 16.4. The molecule has 2 aromatic rings. The van der Waals surface area contributed by atoms with E-state index in [1.807, 2.05) is 0 Å². The molecule has 0 fully saturated rings. The predicted molar refractivity (Wildman–Crippen MR) is 81.2 cm³/mol. The lowest BCUT2D eigenvalue weighted by Gasteiger charge is -2.08. The summed E-state index contributed by atoms with van der Waals surface area (Å²) in [5, 5.41) is 26.3. The van der Waals surface area contributed by atoms with Crippen LogP contribution in [-0.4, -0.2) is 42.8 Å². The lowest BCUT2D eigenvalue weighted by Crippen LogP contribution is -2.16. The number of amides is 1. The Balaban J connectivity index is 2.24. The summed E-state index contributed by atoms with van der Waals surface area (Å²) in [4.78, 5) is 33.0. The van der Waals surface area contributed by atoms with Gasteiger partial charge >= 0.3 is 11.9 Å². The van der Waals surface area contributed by atoms with Crippen LogP contribution in [0.4, 0.5) is 5.95 Å². The molecule has 0 radical (unpaired) electrons. The summed E-state index contributed by atoms with van der Waals surface area (Å²) >= 11 is 5.08. The van der Waals surface area contributed by atoms with Gasteiger partial charge < -0.3 is 10.2 Å². The van der Waals surface area contributed by atoms with Crippen LogP contribution in [0.3, 0.4) is 0 Å². The Morgan fingerprint density at radius 2 is 1.83 bits per heavy atom. The third-order valence-corrected chi connectivity index (χ3v) is 3.14. The van der Waals surface area contributed by atoms with Crippen molar-refractivity contribution in [2.24, 2.45) is 0 Å². The van der Waals surface area contributed by atoms with E-state index in [4.69, 9.17) is 22.4 Å². The van der Waals surface area contributed by atoms with Gasteiger partial charge in [0.15, 0.2) is 0 Å². The minimum absolute atomic E-state index is 0.0912. The Labute approximate surface area is 134 Å². The molecule has 0 saturated heterocycles. The number of aromatic nitrogens is 3. The van der Waals surface area contributed by atoms with Crippen LogP contribution in [-0.2, 0) is 9.59 Å². The van der Waals surface area contributed by atoms with Crippen LogP contribution in [0.15, 0.2) is 24.3 Å². The van der Waals surface area contributed by atoms with E-state index in [1.54, 1.807) is 0 Å². The molecule has 120 valence electrons. The number of benzene rings is 1. The van der Waals surface area contributed by atoms with Crippen molar-refractivity contribution in [3.63, 3.8) is 0 Å². The van der Waals surface area contributed by atoms with Crippen molar-refractivity contribution in [1.82, 2.24) is 14.8 Å². The zero-order valence-corrected chi connectivity index (χ0v) is 12.5. The van der Waals surface area contributed by atoms with E-state index in [2.05, 4.69) is 15.5 Å². The van der Waals surface area contributed by atoms with Gasteiger partial charge in [-0.15, -0.1) is 5.10 Å². The molecule has 0 bridgehead atoms. The van der Waals surface area contributed by atoms with Gasteiger partial charge in [-0.1, -0.05) is 0 Å². The highest BCUT2D eigenvalue weighted by Crippen LogP contribution is 2.16. The third kappa shape index (κ3) is 4.01. The van der Waals surface area contributed by atoms with E-state index in [1.165, 1.54) is 28.8 Å². The van der Waals surface area contributed by atoms with Crippen molar-refractivity contribution in [3.05, 3.63) is 34.6 Å². The van der Waals surface area contributed by atoms with Gasteiger partial charge in [-0.05, 0) is 36.5 Å². The Morgan fingerprint density at radius 1 is 1.17 bits per heavy atom. The number of carbonyl (C=O) groups is 3. The molecule has 1 aromatic heterocycles. The number of aliphatic carboxylic acids is 1. The summed E-state index contributed by atoms with van der Waals surface area (Å²) in [6.07, 6.45) is -0.503. The number of nitrogens with one attached hydrogen (secondary N) is 2. The second-order valence-corrected chi connectivity index (χ2v) is 4.87. The van der Waals surface area contributed by atoms with E-state index in [0.29, 0.717) is 5.69 Å². The quantitative estimate of drug-likeness (QED) is 0.585. The molecule has 2 rings (SSSR count). The highest BCUT2D eigenvalue weighted by Gasteiger charge is 2.13. The second kappa shape index (κ2) is 6.83. The Bertz CT molecular complexity index is 809. The van der Waals surface area contributed by atoms with Gasteiger partial charge in [0.2, 0.25) is 16.6 Å². The molecule has 0 aliphatic heterocycles. The zero-order valence-electron chi connectivity index (χ0n) is 11.6. The summed E-state index contributed by atoms with van der Waals surface area (Å²) < 4.78 is 1.60. The maximum absolute atomic E-state index is 11.7. The fourth-order valence-electron chi connectivity index (χ4n) is 1.78. The van der Waals surface area contributed by atoms with Gasteiger partial charge in [0.1, 0.15) is 0 Å². The van der Waals surface area contributed by atoms with E-state index >= 15 is 0 Å². The summed E-state index contributed by atoms with van der Waals surface area (Å²) in [6.45, 7) is 0. The maximum atomic E-state index is 11.7. The smallest absolute Gasteiger partial charge is 0.335 e. The molecule has 0 atom stereocenters. The number of carboxylic acids is 2. The fourth-order valence-corrected chi connectivity index (χ4v) is 2.02. The first-order chi connectivity index (χ1) is 10.9. The van der Waals surface area contributed by atoms with Gasteiger partial charge in [-0.2, -0.15) is 0 Å². The third-order valence-electron chi connectivity index (χ3n) is 2.86. The van der Waals surface area contributed by atoms with Crippen LogP contribution in [0.25, 0.3) is 5.69 Å². The SMILES string of the molecule is O=C(O)CCC(=O)Nc1n[nH]c(=S)n1-c1ccc(C(=O)O)cc1. The molecular formula is C13H12N4O5S. The van der Waals surface area contributed by atoms with Crippen molar-refractivity contribution in [2.75, 3.05) is 5.32 Å². The minimum Gasteiger partial charge on any atom is -0.481 e. The molecular weight excluding hydrogens is 324 g/mol. The van der Waals surface area contributed by atoms with Crippen molar-refractivity contribution >= 4 is 36.0 Å². The molecule has 0 aliphatic carbocycles. The predicted octanol–water partition coefficient (Wildman–Crippen LogP) is 1.43. The number of carboxylic acid groups (broad SMARTS) is 2. The Morgan fingerprint density at radius 3 is 2.39 bits per heavy atom. The van der Waals surface area contributed by atoms with E-state index < -0.39 is 17.8 Å². The summed E-state index contributed by atoms with van der Waals surface area (Å²) in [6, 6.07) is 5.81. The lowest BCUT2D eigenvalue weighted by molar-refractivity contribution is -0.138. The highest BCUT2D eigenvalue weighted by atomic mass is 32.1. The number of H-pyrrole nitrogens is 1. The molecule has 10 heteroatoms. The first-order valence-electron chi connectivity index (χ1n) is 6.41. The molecule has 1 heterocycles. The average Bonchev–Trinajstić information content (AvgIpc) is 2.86. The number of rotatable bonds is 6. The van der Waals surface area contributed by atoms with Crippen LogP contribution < -0.4 is 5.32 Å². The Kier molecular flexibility index (Phi) is 4.86.